The quantitative estimate of drug-likeness (QED) is 0.609. The summed E-state index contributed by atoms with van der Waals surface area (Å²) in [5, 5.41) is 9.84. The minimum Gasteiger partial charge on any atom is -0.375 e. The van der Waals surface area contributed by atoms with E-state index in [9.17, 15) is 9.59 Å². The van der Waals surface area contributed by atoms with Gasteiger partial charge in [-0.2, -0.15) is 0 Å². The minimum absolute atomic E-state index is 0.0263. The molecular formula is C21H23Cl2N3O2. The molecule has 0 unspecified atom stereocenters. The molecule has 148 valence electrons. The predicted octanol–water partition coefficient (Wildman–Crippen LogP) is 5.11. The highest BCUT2D eigenvalue weighted by atomic mass is 35.5. The fourth-order valence-corrected chi connectivity index (χ4v) is 3.62. The zero-order chi connectivity index (χ0) is 19.9. The van der Waals surface area contributed by atoms with Crippen LogP contribution in [0.1, 0.15) is 42.5 Å². The first-order valence-corrected chi connectivity index (χ1v) is 10.2. The summed E-state index contributed by atoms with van der Waals surface area (Å²) in [6, 6.07) is 12.2. The van der Waals surface area contributed by atoms with Crippen LogP contribution in [-0.4, -0.2) is 24.4 Å². The minimum atomic E-state index is -0.249. The molecule has 0 bridgehead atoms. The molecule has 2 amide bonds. The molecule has 2 aromatic carbocycles. The molecule has 0 spiro atoms. The third-order valence-electron chi connectivity index (χ3n) is 4.72. The molecule has 5 nitrogen and oxygen atoms in total. The average molecular weight is 420 g/mol. The highest BCUT2D eigenvalue weighted by molar-refractivity contribution is 6.35. The van der Waals surface area contributed by atoms with Crippen molar-refractivity contribution in [2.75, 3.05) is 17.2 Å². The Morgan fingerprint density at radius 2 is 1.79 bits per heavy atom. The second-order valence-electron chi connectivity index (χ2n) is 6.92. The molecule has 0 aliphatic heterocycles. The lowest BCUT2D eigenvalue weighted by molar-refractivity contribution is -0.114. The lowest BCUT2D eigenvalue weighted by atomic mass is 9.95. The third-order valence-corrected chi connectivity index (χ3v) is 5.28. The van der Waals surface area contributed by atoms with Crippen molar-refractivity contribution in [3.8, 4) is 0 Å². The van der Waals surface area contributed by atoms with E-state index in [1.54, 1.807) is 42.5 Å². The molecule has 7 heteroatoms. The number of halogens is 2. The maximum absolute atomic E-state index is 12.5. The third kappa shape index (κ3) is 5.88. The molecule has 1 aliphatic rings. The van der Waals surface area contributed by atoms with Gasteiger partial charge in [-0.25, -0.2) is 0 Å². The van der Waals surface area contributed by atoms with Crippen molar-refractivity contribution in [2.24, 2.45) is 0 Å². The number of amides is 2. The molecular weight excluding hydrogens is 397 g/mol. The lowest BCUT2D eigenvalue weighted by Gasteiger charge is -2.22. The van der Waals surface area contributed by atoms with Crippen molar-refractivity contribution in [1.82, 2.24) is 5.32 Å². The fraction of sp³-hybridized carbons (Fsp3) is 0.333. The van der Waals surface area contributed by atoms with Crippen LogP contribution >= 0.6 is 23.2 Å². The first kappa shape index (κ1) is 20.5. The van der Waals surface area contributed by atoms with Crippen molar-refractivity contribution >= 4 is 46.4 Å². The van der Waals surface area contributed by atoms with Crippen molar-refractivity contribution in [2.45, 2.75) is 38.1 Å². The van der Waals surface area contributed by atoms with Crippen LogP contribution in [0, 0.1) is 0 Å². The summed E-state index contributed by atoms with van der Waals surface area (Å²) >= 11 is 12.0. The van der Waals surface area contributed by atoms with Crippen molar-refractivity contribution < 1.29 is 9.59 Å². The summed E-state index contributed by atoms with van der Waals surface area (Å²) in [6.07, 6.45) is 5.61. The Balaban J connectivity index is 1.55. The van der Waals surface area contributed by atoms with E-state index in [1.807, 2.05) is 0 Å². The lowest BCUT2D eigenvalue weighted by Crippen LogP contribution is -2.36. The van der Waals surface area contributed by atoms with Gasteiger partial charge in [0.05, 0.1) is 17.3 Å². The van der Waals surface area contributed by atoms with Crippen molar-refractivity contribution in [3.63, 3.8) is 0 Å². The summed E-state index contributed by atoms with van der Waals surface area (Å²) in [5.41, 5.74) is 1.69. The Labute approximate surface area is 174 Å². The van der Waals surface area contributed by atoms with Gasteiger partial charge >= 0.3 is 0 Å². The second kappa shape index (κ2) is 9.80. The van der Waals surface area contributed by atoms with E-state index in [-0.39, 0.29) is 24.4 Å². The van der Waals surface area contributed by atoms with Gasteiger partial charge in [0.2, 0.25) is 5.91 Å². The largest absolute Gasteiger partial charge is 0.375 e. The van der Waals surface area contributed by atoms with Gasteiger partial charge in [0, 0.05) is 22.3 Å². The van der Waals surface area contributed by atoms with E-state index in [0.29, 0.717) is 27.0 Å². The van der Waals surface area contributed by atoms with E-state index in [0.717, 1.165) is 25.7 Å². The van der Waals surface area contributed by atoms with E-state index < -0.39 is 0 Å². The van der Waals surface area contributed by atoms with Gasteiger partial charge in [0.15, 0.2) is 0 Å². The number of benzene rings is 2. The summed E-state index contributed by atoms with van der Waals surface area (Å²) in [7, 11) is 0. The number of hydrogen-bond donors (Lipinski definition) is 3. The van der Waals surface area contributed by atoms with Crippen molar-refractivity contribution in [1.29, 1.82) is 0 Å². The van der Waals surface area contributed by atoms with E-state index in [4.69, 9.17) is 23.2 Å². The predicted molar refractivity (Wildman–Crippen MR) is 114 cm³/mol. The number of hydrogen-bond acceptors (Lipinski definition) is 3. The maximum Gasteiger partial charge on any atom is 0.251 e. The zero-order valence-corrected chi connectivity index (χ0v) is 16.9. The van der Waals surface area contributed by atoms with Crippen LogP contribution in [-0.2, 0) is 4.79 Å². The SMILES string of the molecule is O=C(CNc1cc(Cl)ccc1Cl)Nc1cccc(C(=O)NC2CCCCC2)c1. The van der Waals surface area contributed by atoms with Gasteiger partial charge in [0.1, 0.15) is 0 Å². The Bertz CT molecular complexity index is 851. The summed E-state index contributed by atoms with van der Waals surface area (Å²) < 4.78 is 0. The number of carbonyl (C=O) groups excluding carboxylic acids is 2. The number of rotatable bonds is 6. The first-order valence-electron chi connectivity index (χ1n) is 9.41. The molecule has 0 radical (unpaired) electrons. The first-order chi connectivity index (χ1) is 13.5. The van der Waals surface area contributed by atoms with E-state index in [2.05, 4.69) is 16.0 Å². The van der Waals surface area contributed by atoms with Gasteiger partial charge in [-0.1, -0.05) is 48.5 Å². The number of anilines is 2. The van der Waals surface area contributed by atoms with Crippen LogP contribution in [0.3, 0.4) is 0 Å². The molecule has 1 aliphatic carbocycles. The van der Waals surface area contributed by atoms with Crippen LogP contribution < -0.4 is 16.0 Å². The van der Waals surface area contributed by atoms with E-state index in [1.165, 1.54) is 6.42 Å². The van der Waals surface area contributed by atoms with Crippen LogP contribution in [0.25, 0.3) is 0 Å². The van der Waals surface area contributed by atoms with Crippen LogP contribution in [0.15, 0.2) is 42.5 Å². The maximum atomic E-state index is 12.5. The summed E-state index contributed by atoms with van der Waals surface area (Å²) in [4.78, 5) is 24.7. The fourth-order valence-electron chi connectivity index (χ4n) is 3.27. The molecule has 3 N–H and O–H groups in total. The molecule has 1 saturated carbocycles. The van der Waals surface area contributed by atoms with Gasteiger partial charge in [-0.05, 0) is 49.2 Å². The monoisotopic (exact) mass is 419 g/mol. The Hall–Kier alpha value is -2.24. The molecule has 28 heavy (non-hydrogen) atoms. The van der Waals surface area contributed by atoms with Gasteiger partial charge in [0.25, 0.3) is 5.91 Å². The topological polar surface area (TPSA) is 70.2 Å². The van der Waals surface area contributed by atoms with Crippen LogP contribution in [0.2, 0.25) is 10.0 Å². The van der Waals surface area contributed by atoms with Gasteiger partial charge < -0.3 is 16.0 Å². The Kier molecular flexibility index (Phi) is 7.18. The summed E-state index contributed by atoms with van der Waals surface area (Å²) in [6.45, 7) is 0.0263. The van der Waals surface area contributed by atoms with Gasteiger partial charge in [-0.3, -0.25) is 9.59 Å². The number of nitrogens with one attached hydrogen (secondary N) is 3. The second-order valence-corrected chi connectivity index (χ2v) is 7.76. The normalized spacial score (nSPS) is 14.4. The highest BCUT2D eigenvalue weighted by Gasteiger charge is 2.17. The smallest absolute Gasteiger partial charge is 0.251 e. The van der Waals surface area contributed by atoms with Crippen molar-refractivity contribution in [3.05, 3.63) is 58.1 Å². The zero-order valence-electron chi connectivity index (χ0n) is 15.4. The molecule has 0 atom stereocenters. The standard InChI is InChI=1S/C21H23Cl2N3O2/c22-15-9-10-18(23)19(12-15)24-13-20(27)25-17-8-4-5-14(11-17)21(28)26-16-6-2-1-3-7-16/h4-5,8-12,16,24H,1-3,6-7,13H2,(H,25,27)(H,26,28). The van der Waals surface area contributed by atoms with Crippen LogP contribution in [0.5, 0.6) is 0 Å². The molecule has 0 aromatic heterocycles. The molecule has 2 aromatic rings. The highest BCUT2D eigenvalue weighted by Crippen LogP contribution is 2.25. The molecule has 3 rings (SSSR count). The van der Waals surface area contributed by atoms with E-state index >= 15 is 0 Å². The molecule has 0 saturated heterocycles. The molecule has 0 heterocycles. The Morgan fingerprint density at radius 3 is 2.57 bits per heavy atom. The van der Waals surface area contributed by atoms with Gasteiger partial charge in [-0.15, -0.1) is 0 Å². The van der Waals surface area contributed by atoms with Crippen LogP contribution in [0.4, 0.5) is 11.4 Å². The summed E-state index contributed by atoms with van der Waals surface area (Å²) in [5.74, 6) is -0.354. The number of carbonyl (C=O) groups is 2. The average Bonchev–Trinajstić information content (AvgIpc) is 2.69. The molecule has 1 fully saturated rings. The Morgan fingerprint density at radius 1 is 1.00 bits per heavy atom.